The van der Waals surface area contributed by atoms with Crippen molar-refractivity contribution in [2.45, 2.75) is 35.8 Å². The lowest BCUT2D eigenvalue weighted by Crippen LogP contribution is -2.49. The van der Waals surface area contributed by atoms with Gasteiger partial charge in [0.1, 0.15) is 5.58 Å². The van der Waals surface area contributed by atoms with Crippen molar-refractivity contribution >= 4 is 34.3 Å². The summed E-state index contributed by atoms with van der Waals surface area (Å²) in [4.78, 5) is 26.9. The monoisotopic (exact) mass is 415 g/mol. The number of halogens is 2. The Kier molecular flexibility index (Phi) is 4.53. The van der Waals surface area contributed by atoms with Gasteiger partial charge in [0.05, 0.1) is 11.1 Å². The molecule has 150 valence electrons. The van der Waals surface area contributed by atoms with Gasteiger partial charge in [-0.3, -0.25) is 4.79 Å². The lowest BCUT2D eigenvalue weighted by atomic mass is 9.72. The number of nitrogens with zero attached hydrogens (tertiary/aromatic N) is 1. The highest BCUT2D eigenvalue weighted by atomic mass is 32.2. The van der Waals surface area contributed by atoms with Crippen molar-refractivity contribution in [3.8, 4) is 0 Å². The van der Waals surface area contributed by atoms with Crippen LogP contribution in [0.3, 0.4) is 0 Å². The number of anilines is 1. The summed E-state index contributed by atoms with van der Waals surface area (Å²) >= 11 is 0.443. The number of thioether (sulfide) groups is 1. The fourth-order valence-electron chi connectivity index (χ4n) is 4.18. The molecule has 0 fully saturated rings. The summed E-state index contributed by atoms with van der Waals surface area (Å²) in [6, 6.07) is 13.0. The van der Waals surface area contributed by atoms with Crippen LogP contribution in [0.15, 0.2) is 62.6 Å². The highest BCUT2D eigenvalue weighted by Crippen LogP contribution is 2.51. The number of hydrogen-bond donors (Lipinski definition) is 0. The lowest BCUT2D eigenvalue weighted by molar-refractivity contribution is -0.125. The van der Waals surface area contributed by atoms with Gasteiger partial charge in [-0.05, 0) is 43.2 Å². The molecule has 7 heteroatoms. The number of benzene rings is 2. The molecule has 4 nitrogen and oxygen atoms in total. The fourth-order valence-corrected chi connectivity index (χ4v) is 5.18. The zero-order valence-electron chi connectivity index (χ0n) is 16.2. The second-order valence-corrected chi connectivity index (χ2v) is 8.78. The number of rotatable bonds is 4. The first kappa shape index (κ1) is 19.6. The SMILES string of the molecule is Cc1ccc2oc(=O)cc3c2c1C(C)(CC(F)(F)Sc1ccccc1)C(=O)N3C. The Balaban J connectivity index is 1.87. The predicted octanol–water partition coefficient (Wildman–Crippen LogP) is 5.11. The van der Waals surface area contributed by atoms with E-state index in [1.54, 1.807) is 56.3 Å². The third kappa shape index (κ3) is 3.23. The van der Waals surface area contributed by atoms with Gasteiger partial charge in [0.25, 0.3) is 5.25 Å². The van der Waals surface area contributed by atoms with Crippen LogP contribution in [0.5, 0.6) is 0 Å². The van der Waals surface area contributed by atoms with Gasteiger partial charge < -0.3 is 9.32 Å². The van der Waals surface area contributed by atoms with Gasteiger partial charge in [-0.25, -0.2) is 4.79 Å². The van der Waals surface area contributed by atoms with E-state index in [0.29, 0.717) is 38.9 Å². The molecule has 2 heterocycles. The summed E-state index contributed by atoms with van der Waals surface area (Å²) in [5, 5.41) is -2.65. The maximum atomic E-state index is 15.1. The second kappa shape index (κ2) is 6.69. The molecule has 1 aliphatic rings. The Morgan fingerprint density at radius 2 is 1.83 bits per heavy atom. The smallest absolute Gasteiger partial charge is 0.338 e. The van der Waals surface area contributed by atoms with Crippen molar-refractivity contribution < 1.29 is 18.0 Å². The quantitative estimate of drug-likeness (QED) is 0.439. The van der Waals surface area contributed by atoms with Crippen LogP contribution in [0.4, 0.5) is 14.5 Å². The molecule has 0 saturated heterocycles. The molecule has 0 saturated carbocycles. The maximum Gasteiger partial charge on any atom is 0.338 e. The van der Waals surface area contributed by atoms with Crippen molar-refractivity contribution in [3.05, 3.63) is 70.1 Å². The van der Waals surface area contributed by atoms with Crippen LogP contribution in [-0.2, 0) is 10.2 Å². The van der Waals surface area contributed by atoms with Crippen LogP contribution in [0, 0.1) is 6.92 Å². The molecule has 1 amide bonds. The van der Waals surface area contributed by atoms with Gasteiger partial charge in [0, 0.05) is 29.8 Å². The molecule has 0 bridgehead atoms. The number of hydrogen-bond acceptors (Lipinski definition) is 4. The van der Waals surface area contributed by atoms with Gasteiger partial charge in [0.15, 0.2) is 0 Å². The highest BCUT2D eigenvalue weighted by Gasteiger charge is 2.51. The van der Waals surface area contributed by atoms with Gasteiger partial charge in [-0.15, -0.1) is 0 Å². The highest BCUT2D eigenvalue weighted by molar-refractivity contribution is 8.00. The molecule has 1 atom stereocenters. The molecule has 4 rings (SSSR count). The van der Waals surface area contributed by atoms with Crippen LogP contribution in [0.25, 0.3) is 11.0 Å². The van der Waals surface area contributed by atoms with Crippen molar-refractivity contribution in [1.29, 1.82) is 0 Å². The number of alkyl halides is 2. The summed E-state index contributed by atoms with van der Waals surface area (Å²) in [5.74, 6) is -0.473. The Morgan fingerprint density at radius 3 is 2.52 bits per heavy atom. The van der Waals surface area contributed by atoms with Crippen LogP contribution in [-0.4, -0.2) is 18.2 Å². The van der Waals surface area contributed by atoms with E-state index in [-0.39, 0.29) is 5.58 Å². The lowest BCUT2D eigenvalue weighted by Gasteiger charge is -2.41. The normalized spacial score (nSPS) is 19.1. The molecule has 1 aromatic heterocycles. The first-order valence-corrected chi connectivity index (χ1v) is 9.92. The van der Waals surface area contributed by atoms with Crippen LogP contribution >= 0.6 is 11.8 Å². The first-order valence-electron chi connectivity index (χ1n) is 9.10. The van der Waals surface area contributed by atoms with Crippen molar-refractivity contribution in [3.63, 3.8) is 0 Å². The molecule has 1 unspecified atom stereocenters. The standard InChI is InChI=1S/C22H19F2NO3S/c1-13-9-10-16-18-15(11-17(26)28-16)25(3)20(27)21(2,19(13)18)12-22(23,24)29-14-7-5-4-6-8-14/h4-11H,12H2,1-3H3. The van der Waals surface area contributed by atoms with E-state index in [0.717, 1.165) is 0 Å². The average Bonchev–Trinajstić information content (AvgIpc) is 2.65. The molecule has 29 heavy (non-hydrogen) atoms. The minimum absolute atomic E-state index is 0.290. The fraction of sp³-hybridized carbons (Fsp3) is 0.273. The van der Waals surface area contributed by atoms with E-state index in [4.69, 9.17) is 4.42 Å². The first-order chi connectivity index (χ1) is 13.6. The van der Waals surface area contributed by atoms with Crippen LogP contribution < -0.4 is 10.5 Å². The third-order valence-electron chi connectivity index (χ3n) is 5.36. The largest absolute Gasteiger partial charge is 0.423 e. The Labute approximate surface area is 170 Å². The van der Waals surface area contributed by atoms with Gasteiger partial charge in [0.2, 0.25) is 5.91 Å². The predicted molar refractivity (Wildman–Crippen MR) is 110 cm³/mol. The average molecular weight is 415 g/mol. The number of carbonyl (C=O) groups is 1. The number of aryl methyl sites for hydroxylation is 1. The number of carbonyl (C=O) groups excluding carboxylic acids is 1. The van der Waals surface area contributed by atoms with Crippen molar-refractivity contribution in [2.75, 3.05) is 11.9 Å². The molecule has 0 N–H and O–H groups in total. The Bertz CT molecular complexity index is 1180. The molecule has 1 aliphatic heterocycles. The summed E-state index contributed by atoms with van der Waals surface area (Å²) < 4.78 is 35.5. The van der Waals surface area contributed by atoms with E-state index in [1.807, 2.05) is 0 Å². The third-order valence-corrected chi connectivity index (χ3v) is 6.31. The zero-order valence-corrected chi connectivity index (χ0v) is 17.0. The topological polar surface area (TPSA) is 50.5 Å². The molecule has 2 aromatic carbocycles. The van der Waals surface area contributed by atoms with Crippen LogP contribution in [0.1, 0.15) is 24.5 Å². The number of amides is 1. The summed E-state index contributed by atoms with van der Waals surface area (Å²) in [6.45, 7) is 3.32. The second-order valence-electron chi connectivity index (χ2n) is 7.51. The summed E-state index contributed by atoms with van der Waals surface area (Å²) in [5.41, 5.74) is -0.191. The summed E-state index contributed by atoms with van der Waals surface area (Å²) in [6.07, 6.45) is -0.679. The molecular weight excluding hydrogens is 396 g/mol. The Hall–Kier alpha value is -2.67. The minimum atomic E-state index is -3.19. The maximum absolute atomic E-state index is 15.1. The minimum Gasteiger partial charge on any atom is -0.423 e. The molecular formula is C22H19F2NO3S. The van der Waals surface area contributed by atoms with Gasteiger partial charge >= 0.3 is 5.63 Å². The number of likely N-dealkylation sites (N-methyl/N-ethyl adjacent to an activating group) is 1. The van der Waals surface area contributed by atoms with Crippen molar-refractivity contribution in [2.24, 2.45) is 0 Å². The van der Waals surface area contributed by atoms with E-state index < -0.39 is 28.6 Å². The molecule has 0 radical (unpaired) electrons. The van der Waals surface area contributed by atoms with Gasteiger partial charge in [-0.1, -0.05) is 36.0 Å². The van der Waals surface area contributed by atoms with Gasteiger partial charge in [-0.2, -0.15) is 8.78 Å². The zero-order chi connectivity index (χ0) is 21.0. The van der Waals surface area contributed by atoms with Crippen molar-refractivity contribution in [1.82, 2.24) is 0 Å². The van der Waals surface area contributed by atoms with E-state index in [2.05, 4.69) is 0 Å². The van der Waals surface area contributed by atoms with E-state index in [1.165, 1.54) is 18.0 Å². The van der Waals surface area contributed by atoms with E-state index in [9.17, 15) is 9.59 Å². The Morgan fingerprint density at radius 1 is 1.14 bits per heavy atom. The summed E-state index contributed by atoms with van der Waals surface area (Å²) in [7, 11) is 1.50. The molecule has 0 spiro atoms. The van der Waals surface area contributed by atoms with Crippen LogP contribution in [0.2, 0.25) is 0 Å². The van der Waals surface area contributed by atoms with E-state index >= 15 is 8.78 Å². The molecule has 3 aromatic rings. The molecule has 0 aliphatic carbocycles.